The van der Waals surface area contributed by atoms with E-state index in [1.165, 1.54) is 0 Å². The van der Waals surface area contributed by atoms with E-state index in [0.29, 0.717) is 30.3 Å². The van der Waals surface area contributed by atoms with Gasteiger partial charge >= 0.3 is 0 Å². The van der Waals surface area contributed by atoms with Crippen molar-refractivity contribution in [2.45, 2.75) is 53.9 Å². The molecule has 1 N–H and O–H groups in total. The lowest BCUT2D eigenvalue weighted by atomic mass is 10.0. The predicted octanol–water partition coefficient (Wildman–Crippen LogP) is 6.39. The van der Waals surface area contributed by atoms with Gasteiger partial charge in [0, 0.05) is 23.9 Å². The molecule has 2 aromatic carbocycles. The lowest BCUT2D eigenvalue weighted by Crippen LogP contribution is -2.20. The lowest BCUT2D eigenvalue weighted by Gasteiger charge is -2.19. The summed E-state index contributed by atoms with van der Waals surface area (Å²) in [4.78, 5) is 18.5. The summed E-state index contributed by atoms with van der Waals surface area (Å²) < 4.78 is 6.13. The molecule has 0 bridgehead atoms. The highest BCUT2D eigenvalue weighted by Crippen LogP contribution is 2.29. The topological polar surface area (TPSA) is 51.2 Å². The molecule has 3 rings (SSSR count). The minimum Gasteiger partial charge on any atom is -0.492 e. The molecule has 0 aliphatic rings. The van der Waals surface area contributed by atoms with Crippen molar-refractivity contribution in [2.75, 3.05) is 11.9 Å². The number of amides is 1. The standard InChI is InChI=1S/C28H34N2O2/c1-6-22-14-11-15-23(7-2)27(22)30-28(31)26-24(17-21-12-9-8-10-13-21)29-20(5)16-25(26)32-18-19(3)4/h8-16,19H,6-7,17-18H2,1-5H3,(H,30,31). The molecule has 4 heteroatoms. The van der Waals surface area contributed by atoms with Gasteiger partial charge in [-0.25, -0.2) is 0 Å². The average molecular weight is 431 g/mol. The third-order valence-corrected chi connectivity index (χ3v) is 5.44. The number of carbonyl (C=O) groups excluding carboxylic acids is 1. The van der Waals surface area contributed by atoms with E-state index < -0.39 is 0 Å². The fourth-order valence-electron chi connectivity index (χ4n) is 3.81. The minimum absolute atomic E-state index is 0.169. The maximum absolute atomic E-state index is 13.7. The highest BCUT2D eigenvalue weighted by atomic mass is 16.5. The number of aromatic nitrogens is 1. The molecule has 0 radical (unpaired) electrons. The Kier molecular flexibility index (Phi) is 8.04. The monoisotopic (exact) mass is 430 g/mol. The van der Waals surface area contributed by atoms with Crippen LogP contribution in [-0.4, -0.2) is 17.5 Å². The molecule has 0 atom stereocenters. The van der Waals surface area contributed by atoms with E-state index >= 15 is 0 Å². The minimum atomic E-state index is -0.169. The fraction of sp³-hybridized carbons (Fsp3) is 0.357. The Bertz CT molecular complexity index is 1040. The number of nitrogens with one attached hydrogen (secondary N) is 1. The number of para-hydroxylation sites is 1. The third kappa shape index (κ3) is 5.76. The Labute approximate surface area is 192 Å². The molecule has 1 heterocycles. The molecule has 0 aliphatic heterocycles. The molecule has 0 unspecified atom stereocenters. The van der Waals surface area contributed by atoms with Gasteiger partial charge < -0.3 is 10.1 Å². The number of pyridine rings is 1. The zero-order valence-electron chi connectivity index (χ0n) is 19.9. The summed E-state index contributed by atoms with van der Waals surface area (Å²) in [5.74, 6) is 0.781. The fourth-order valence-corrected chi connectivity index (χ4v) is 3.81. The Balaban J connectivity index is 2.07. The van der Waals surface area contributed by atoms with Crippen molar-refractivity contribution in [3.05, 3.63) is 88.2 Å². The van der Waals surface area contributed by atoms with E-state index in [2.05, 4.69) is 63.3 Å². The van der Waals surface area contributed by atoms with Gasteiger partial charge in [0.25, 0.3) is 5.91 Å². The van der Waals surface area contributed by atoms with Gasteiger partial charge in [0.15, 0.2) is 0 Å². The first-order valence-corrected chi connectivity index (χ1v) is 11.5. The zero-order chi connectivity index (χ0) is 23.1. The van der Waals surface area contributed by atoms with Crippen LogP contribution in [-0.2, 0) is 19.3 Å². The van der Waals surface area contributed by atoms with E-state index in [-0.39, 0.29) is 5.91 Å². The SMILES string of the molecule is CCc1cccc(CC)c1NC(=O)c1c(OCC(C)C)cc(C)nc1Cc1ccccc1. The second kappa shape index (κ2) is 10.9. The Hall–Kier alpha value is -3.14. The predicted molar refractivity (Wildman–Crippen MR) is 132 cm³/mol. The molecule has 4 nitrogen and oxygen atoms in total. The van der Waals surface area contributed by atoms with Crippen molar-refractivity contribution in [3.8, 4) is 5.75 Å². The van der Waals surface area contributed by atoms with Crippen molar-refractivity contribution >= 4 is 11.6 Å². The van der Waals surface area contributed by atoms with Gasteiger partial charge in [-0.15, -0.1) is 0 Å². The summed E-state index contributed by atoms with van der Waals surface area (Å²) in [7, 11) is 0. The van der Waals surface area contributed by atoms with Crippen molar-refractivity contribution in [1.82, 2.24) is 4.98 Å². The van der Waals surface area contributed by atoms with Crippen molar-refractivity contribution in [2.24, 2.45) is 5.92 Å². The number of aryl methyl sites for hydroxylation is 3. The maximum Gasteiger partial charge on any atom is 0.261 e. The first kappa shape index (κ1) is 23.5. The van der Waals surface area contributed by atoms with Crippen LogP contribution in [0.1, 0.15) is 66.1 Å². The van der Waals surface area contributed by atoms with E-state index in [1.807, 2.05) is 31.2 Å². The van der Waals surface area contributed by atoms with Crippen LogP contribution in [0.2, 0.25) is 0 Å². The summed E-state index contributed by atoms with van der Waals surface area (Å²) in [6.45, 7) is 10.9. The number of rotatable bonds is 9. The quantitative estimate of drug-likeness (QED) is 0.428. The third-order valence-electron chi connectivity index (χ3n) is 5.44. The van der Waals surface area contributed by atoms with E-state index in [9.17, 15) is 4.79 Å². The molecule has 0 aliphatic carbocycles. The van der Waals surface area contributed by atoms with Crippen LogP contribution in [0.3, 0.4) is 0 Å². The molecule has 0 fully saturated rings. The smallest absolute Gasteiger partial charge is 0.261 e. The molecule has 3 aromatic rings. The van der Waals surface area contributed by atoms with Gasteiger partial charge in [0.2, 0.25) is 0 Å². The number of benzene rings is 2. The normalized spacial score (nSPS) is 10.9. The van der Waals surface area contributed by atoms with E-state index in [1.54, 1.807) is 0 Å². The molecular weight excluding hydrogens is 396 g/mol. The lowest BCUT2D eigenvalue weighted by molar-refractivity contribution is 0.102. The first-order valence-electron chi connectivity index (χ1n) is 11.5. The van der Waals surface area contributed by atoms with Crippen LogP contribution >= 0.6 is 0 Å². The number of carbonyl (C=O) groups is 1. The molecule has 0 saturated carbocycles. The average Bonchev–Trinajstić information content (AvgIpc) is 2.78. The van der Waals surface area contributed by atoms with E-state index in [0.717, 1.165) is 46.6 Å². The van der Waals surface area contributed by atoms with E-state index in [4.69, 9.17) is 9.72 Å². The van der Waals surface area contributed by atoms with Crippen LogP contribution in [0.25, 0.3) is 0 Å². The molecule has 1 aromatic heterocycles. The number of hydrogen-bond acceptors (Lipinski definition) is 3. The molecule has 0 saturated heterocycles. The molecular formula is C28H34N2O2. The van der Waals surface area contributed by atoms with Gasteiger partial charge in [-0.3, -0.25) is 9.78 Å². The van der Waals surface area contributed by atoms with Gasteiger partial charge in [-0.2, -0.15) is 0 Å². The molecule has 32 heavy (non-hydrogen) atoms. The highest BCUT2D eigenvalue weighted by Gasteiger charge is 2.22. The molecule has 1 amide bonds. The zero-order valence-corrected chi connectivity index (χ0v) is 19.9. The van der Waals surface area contributed by atoms with Crippen LogP contribution in [0, 0.1) is 12.8 Å². The van der Waals surface area contributed by atoms with Crippen LogP contribution in [0.4, 0.5) is 5.69 Å². The van der Waals surface area contributed by atoms with Crippen LogP contribution in [0.5, 0.6) is 5.75 Å². The van der Waals surface area contributed by atoms with Gasteiger partial charge in [0.05, 0.1) is 12.3 Å². The van der Waals surface area contributed by atoms with Gasteiger partial charge in [0.1, 0.15) is 11.3 Å². The summed E-state index contributed by atoms with van der Waals surface area (Å²) >= 11 is 0. The van der Waals surface area contributed by atoms with Crippen molar-refractivity contribution < 1.29 is 9.53 Å². The summed E-state index contributed by atoms with van der Waals surface area (Å²) in [6, 6.07) is 18.2. The maximum atomic E-state index is 13.7. The van der Waals surface area contributed by atoms with Crippen molar-refractivity contribution in [1.29, 1.82) is 0 Å². The van der Waals surface area contributed by atoms with Crippen LogP contribution < -0.4 is 10.1 Å². The van der Waals surface area contributed by atoms with Gasteiger partial charge in [-0.1, -0.05) is 76.2 Å². The second-order valence-electron chi connectivity index (χ2n) is 8.56. The second-order valence-corrected chi connectivity index (χ2v) is 8.56. The Morgan fingerprint density at radius 1 is 1.00 bits per heavy atom. The number of nitrogens with zero attached hydrogens (tertiary/aromatic N) is 1. The summed E-state index contributed by atoms with van der Waals surface area (Å²) in [5, 5.41) is 3.21. The number of hydrogen-bond donors (Lipinski definition) is 1. The number of ether oxygens (including phenoxy) is 1. The van der Waals surface area contributed by atoms with Gasteiger partial charge in [-0.05, 0) is 42.4 Å². The molecule has 168 valence electrons. The largest absolute Gasteiger partial charge is 0.492 e. The van der Waals surface area contributed by atoms with Crippen LogP contribution in [0.15, 0.2) is 54.6 Å². The highest BCUT2D eigenvalue weighted by molar-refractivity contribution is 6.07. The summed E-state index contributed by atoms with van der Waals surface area (Å²) in [5.41, 5.74) is 6.38. The summed E-state index contributed by atoms with van der Waals surface area (Å²) in [6.07, 6.45) is 2.27. The number of anilines is 1. The Morgan fingerprint density at radius 2 is 1.66 bits per heavy atom. The molecule has 0 spiro atoms. The Morgan fingerprint density at radius 3 is 2.25 bits per heavy atom. The first-order chi connectivity index (χ1) is 15.4. The van der Waals surface area contributed by atoms with Crippen molar-refractivity contribution in [3.63, 3.8) is 0 Å².